The van der Waals surface area contributed by atoms with E-state index in [0.29, 0.717) is 0 Å². The lowest BCUT2D eigenvalue weighted by Gasteiger charge is -2.08. The number of hydrogen-bond acceptors (Lipinski definition) is 3. The first-order valence-electron chi connectivity index (χ1n) is 5.18. The van der Waals surface area contributed by atoms with Crippen LogP contribution in [0.2, 0.25) is 0 Å². The molecule has 0 aliphatic heterocycles. The van der Waals surface area contributed by atoms with Crippen LogP contribution in [-0.4, -0.2) is 4.98 Å². The average molecular weight is 376 g/mol. The number of benzene rings is 1. The molecule has 0 spiro atoms. The molecule has 17 heavy (non-hydrogen) atoms. The van der Waals surface area contributed by atoms with E-state index in [1.165, 1.54) is 4.88 Å². The highest BCUT2D eigenvalue weighted by Gasteiger charge is 2.07. The average Bonchev–Trinajstić information content (AvgIpc) is 2.58. The molecular weight excluding hydrogens is 364 g/mol. The number of rotatable bonds is 3. The van der Waals surface area contributed by atoms with Crippen LogP contribution in [-0.2, 0) is 6.54 Å². The zero-order chi connectivity index (χ0) is 12.4. The maximum absolute atomic E-state index is 4.51. The van der Waals surface area contributed by atoms with E-state index in [1.54, 1.807) is 11.3 Å². The maximum atomic E-state index is 4.51. The van der Waals surface area contributed by atoms with E-state index < -0.39 is 0 Å². The Hall–Kier alpha value is -0.390. The molecule has 2 aromatic rings. The molecule has 90 valence electrons. The Bertz CT molecular complexity index is 498. The van der Waals surface area contributed by atoms with Crippen molar-refractivity contribution in [3.05, 3.63) is 42.7 Å². The van der Waals surface area contributed by atoms with Crippen LogP contribution in [0, 0.1) is 13.8 Å². The highest BCUT2D eigenvalue weighted by molar-refractivity contribution is 9.11. The largest absolute Gasteiger partial charge is 0.377 e. The summed E-state index contributed by atoms with van der Waals surface area (Å²) in [5.74, 6) is 0. The zero-order valence-electron chi connectivity index (χ0n) is 9.55. The molecule has 1 aromatic carbocycles. The summed E-state index contributed by atoms with van der Waals surface area (Å²) in [6.07, 6.45) is 0. The van der Waals surface area contributed by atoms with Gasteiger partial charge in [-0.3, -0.25) is 0 Å². The Morgan fingerprint density at radius 1 is 1.24 bits per heavy atom. The highest BCUT2D eigenvalue weighted by atomic mass is 79.9. The highest BCUT2D eigenvalue weighted by Crippen LogP contribution is 2.31. The molecule has 0 aliphatic carbocycles. The number of anilines is 1. The van der Waals surface area contributed by atoms with Crippen LogP contribution in [0.5, 0.6) is 0 Å². The summed E-state index contributed by atoms with van der Waals surface area (Å²) in [6.45, 7) is 4.90. The van der Waals surface area contributed by atoms with Crippen LogP contribution in [0.3, 0.4) is 0 Å². The van der Waals surface area contributed by atoms with E-state index in [1.807, 2.05) is 25.1 Å². The molecule has 0 atom stereocenters. The van der Waals surface area contributed by atoms with Gasteiger partial charge in [0.1, 0.15) is 5.01 Å². The van der Waals surface area contributed by atoms with Crippen LogP contribution in [0.4, 0.5) is 5.69 Å². The van der Waals surface area contributed by atoms with Gasteiger partial charge in [0.15, 0.2) is 0 Å². The van der Waals surface area contributed by atoms with Gasteiger partial charge in [-0.05, 0) is 57.8 Å². The first-order chi connectivity index (χ1) is 8.08. The second kappa shape index (κ2) is 5.50. The van der Waals surface area contributed by atoms with Gasteiger partial charge in [-0.25, -0.2) is 4.98 Å². The third-order valence-electron chi connectivity index (χ3n) is 2.45. The quantitative estimate of drug-likeness (QED) is 0.825. The van der Waals surface area contributed by atoms with Crippen molar-refractivity contribution in [1.82, 2.24) is 4.98 Å². The Morgan fingerprint density at radius 2 is 1.88 bits per heavy atom. The monoisotopic (exact) mass is 374 g/mol. The van der Waals surface area contributed by atoms with E-state index in [4.69, 9.17) is 0 Å². The van der Waals surface area contributed by atoms with Crippen molar-refractivity contribution in [3.63, 3.8) is 0 Å². The topological polar surface area (TPSA) is 24.9 Å². The molecule has 0 bridgehead atoms. The summed E-state index contributed by atoms with van der Waals surface area (Å²) in [5.41, 5.74) is 2.19. The van der Waals surface area contributed by atoms with E-state index in [0.717, 1.165) is 31.9 Å². The van der Waals surface area contributed by atoms with Gasteiger partial charge in [-0.15, -0.1) is 11.3 Å². The Balaban J connectivity index is 2.12. The van der Waals surface area contributed by atoms with Crippen LogP contribution < -0.4 is 5.32 Å². The zero-order valence-corrected chi connectivity index (χ0v) is 13.5. The minimum atomic E-state index is 0.751. The SMILES string of the molecule is Cc1nc(CNc2c(Br)cccc2Br)sc1C. The van der Waals surface area contributed by atoms with Crippen molar-refractivity contribution in [2.24, 2.45) is 0 Å². The fourth-order valence-corrected chi connectivity index (χ4v) is 3.60. The van der Waals surface area contributed by atoms with Crippen LogP contribution in [0.1, 0.15) is 15.6 Å². The first-order valence-corrected chi connectivity index (χ1v) is 7.59. The predicted octanol–water partition coefficient (Wildman–Crippen LogP) is 4.90. The number of thiazole rings is 1. The van der Waals surface area contributed by atoms with Crippen molar-refractivity contribution in [1.29, 1.82) is 0 Å². The van der Waals surface area contributed by atoms with Gasteiger partial charge in [0.25, 0.3) is 0 Å². The lowest BCUT2D eigenvalue weighted by Crippen LogP contribution is -2.00. The summed E-state index contributed by atoms with van der Waals surface area (Å²) in [6, 6.07) is 6.04. The summed E-state index contributed by atoms with van der Waals surface area (Å²) < 4.78 is 2.11. The van der Waals surface area contributed by atoms with E-state index in [2.05, 4.69) is 49.1 Å². The number of hydrogen-bond donors (Lipinski definition) is 1. The van der Waals surface area contributed by atoms with Gasteiger partial charge in [0, 0.05) is 13.8 Å². The molecule has 0 saturated carbocycles. The fourth-order valence-electron chi connectivity index (χ4n) is 1.45. The summed E-state index contributed by atoms with van der Waals surface area (Å²) in [7, 11) is 0. The van der Waals surface area contributed by atoms with Crippen molar-refractivity contribution in [2.45, 2.75) is 20.4 Å². The molecule has 2 nitrogen and oxygen atoms in total. The minimum Gasteiger partial charge on any atom is -0.377 e. The Kier molecular flexibility index (Phi) is 4.22. The molecule has 0 radical (unpaired) electrons. The number of nitrogens with zero attached hydrogens (tertiary/aromatic N) is 1. The van der Waals surface area contributed by atoms with E-state index >= 15 is 0 Å². The van der Waals surface area contributed by atoms with Crippen molar-refractivity contribution in [3.8, 4) is 0 Å². The van der Waals surface area contributed by atoms with Gasteiger partial charge in [-0.2, -0.15) is 0 Å². The fraction of sp³-hybridized carbons (Fsp3) is 0.250. The molecule has 0 unspecified atom stereocenters. The van der Waals surface area contributed by atoms with E-state index in [-0.39, 0.29) is 0 Å². The van der Waals surface area contributed by atoms with Crippen molar-refractivity contribution < 1.29 is 0 Å². The number of para-hydroxylation sites is 1. The van der Waals surface area contributed by atoms with Crippen molar-refractivity contribution >= 4 is 48.9 Å². The van der Waals surface area contributed by atoms with Gasteiger partial charge in [0.05, 0.1) is 17.9 Å². The van der Waals surface area contributed by atoms with Gasteiger partial charge in [0.2, 0.25) is 0 Å². The number of halogens is 2. The van der Waals surface area contributed by atoms with Crippen LogP contribution >= 0.6 is 43.2 Å². The Labute approximate surface area is 122 Å². The second-order valence-electron chi connectivity index (χ2n) is 3.70. The third-order valence-corrected chi connectivity index (χ3v) is 4.85. The van der Waals surface area contributed by atoms with Gasteiger partial charge < -0.3 is 5.32 Å². The summed E-state index contributed by atoms with van der Waals surface area (Å²) in [4.78, 5) is 5.80. The molecule has 1 N–H and O–H groups in total. The lowest BCUT2D eigenvalue weighted by atomic mass is 10.3. The Morgan fingerprint density at radius 3 is 2.41 bits per heavy atom. The molecule has 0 aliphatic rings. The first kappa shape index (κ1) is 13.1. The second-order valence-corrected chi connectivity index (χ2v) is 6.70. The normalized spacial score (nSPS) is 10.6. The molecule has 0 saturated heterocycles. The lowest BCUT2D eigenvalue weighted by molar-refractivity contribution is 1.07. The van der Waals surface area contributed by atoms with Crippen molar-refractivity contribution in [2.75, 3.05) is 5.32 Å². The maximum Gasteiger partial charge on any atom is 0.112 e. The minimum absolute atomic E-state index is 0.751. The predicted molar refractivity (Wildman–Crippen MR) is 80.8 cm³/mol. The molecule has 1 heterocycles. The standard InChI is InChI=1S/C12H12Br2N2S/c1-7-8(2)17-11(16-7)6-15-12-9(13)4-3-5-10(12)14/h3-5,15H,6H2,1-2H3. The number of nitrogens with one attached hydrogen (secondary N) is 1. The summed E-state index contributed by atoms with van der Waals surface area (Å²) in [5, 5.41) is 4.51. The van der Waals surface area contributed by atoms with E-state index in [9.17, 15) is 0 Å². The smallest absolute Gasteiger partial charge is 0.112 e. The molecule has 5 heteroatoms. The van der Waals surface area contributed by atoms with Gasteiger partial charge in [-0.1, -0.05) is 6.07 Å². The molecule has 2 rings (SSSR count). The molecule has 0 fully saturated rings. The summed E-state index contributed by atoms with van der Waals surface area (Å²) >= 11 is 8.80. The number of aromatic nitrogens is 1. The molecular formula is C12H12Br2N2S. The van der Waals surface area contributed by atoms with Crippen LogP contribution in [0.15, 0.2) is 27.1 Å². The van der Waals surface area contributed by atoms with Gasteiger partial charge >= 0.3 is 0 Å². The molecule has 1 aromatic heterocycles. The number of aryl methyl sites for hydroxylation is 2. The third kappa shape index (κ3) is 3.09. The molecule has 0 amide bonds. The van der Waals surface area contributed by atoms with Crippen LogP contribution in [0.25, 0.3) is 0 Å².